The number of rotatable bonds is 2. The van der Waals surface area contributed by atoms with Gasteiger partial charge in [-0.25, -0.2) is 8.78 Å². The Balaban J connectivity index is 2.75. The highest BCUT2D eigenvalue weighted by Crippen LogP contribution is 1.86. The van der Waals surface area contributed by atoms with Crippen molar-refractivity contribution >= 4 is 0 Å². The van der Waals surface area contributed by atoms with Gasteiger partial charge in [0, 0.05) is 0 Å². The van der Waals surface area contributed by atoms with Gasteiger partial charge in [-0.1, -0.05) is 0 Å². The molecule has 0 unspecified atom stereocenters. The first-order chi connectivity index (χ1) is 2.81. The van der Waals surface area contributed by atoms with E-state index in [9.17, 15) is 8.78 Å². The summed E-state index contributed by atoms with van der Waals surface area (Å²) in [6.07, 6.45) is -1.68. The van der Waals surface area contributed by atoms with Crippen molar-refractivity contribution in [1.29, 1.82) is 0 Å². The molecule has 0 amide bonds. The number of hydrogen-bond donors (Lipinski definition) is 1. The zero-order valence-electron chi connectivity index (χ0n) is 3.19. The van der Waals surface area contributed by atoms with Crippen LogP contribution in [0.4, 0.5) is 8.78 Å². The molecule has 0 bridgehead atoms. The minimum absolute atomic E-state index is 0.712. The van der Waals surface area contributed by atoms with Gasteiger partial charge in [-0.15, -0.1) is 0 Å². The van der Waals surface area contributed by atoms with E-state index in [-0.39, 0.29) is 0 Å². The van der Waals surface area contributed by atoms with Gasteiger partial charge in [0.25, 0.3) is 0 Å². The van der Waals surface area contributed by atoms with Crippen LogP contribution in [0.25, 0.3) is 0 Å². The summed E-state index contributed by atoms with van der Waals surface area (Å²) >= 11 is 0. The molecular formula is C3H6F2O. The summed E-state index contributed by atoms with van der Waals surface area (Å²) < 4.78 is 22.1. The zero-order chi connectivity index (χ0) is 4.99. The van der Waals surface area contributed by atoms with E-state index in [0.29, 0.717) is 0 Å². The minimum atomic E-state index is -1.68. The van der Waals surface area contributed by atoms with Crippen molar-refractivity contribution < 1.29 is 13.9 Å². The molecule has 0 aliphatic carbocycles. The van der Waals surface area contributed by atoms with E-state index < -0.39 is 19.5 Å². The second-order valence-electron chi connectivity index (χ2n) is 0.934. The van der Waals surface area contributed by atoms with Crippen molar-refractivity contribution in [2.24, 2.45) is 0 Å². The highest BCUT2D eigenvalue weighted by atomic mass is 19.2. The predicted molar refractivity (Wildman–Crippen MR) is 18.0 cm³/mol. The van der Waals surface area contributed by atoms with E-state index in [4.69, 9.17) is 5.11 Å². The molecule has 3 heteroatoms. The molecule has 0 saturated heterocycles. The van der Waals surface area contributed by atoms with Crippen LogP contribution in [0.5, 0.6) is 0 Å². The van der Waals surface area contributed by atoms with Crippen LogP contribution in [-0.4, -0.2) is 24.6 Å². The third-order valence-corrected chi connectivity index (χ3v) is 0.366. The molecule has 0 spiro atoms. The molecule has 0 aromatic rings. The first kappa shape index (κ1) is 5.82. The largest absolute Gasteiger partial charge is 0.393 e. The quantitative estimate of drug-likeness (QED) is 0.523. The highest BCUT2D eigenvalue weighted by molar-refractivity contribution is 4.45. The average molecular weight is 96.1 g/mol. The number of hydrogen-bond acceptors (Lipinski definition) is 1. The van der Waals surface area contributed by atoms with E-state index in [2.05, 4.69) is 0 Å². The number of alkyl halides is 2. The summed E-state index contributed by atoms with van der Waals surface area (Å²) in [6.45, 7) is -1.80. The molecule has 0 heterocycles. The lowest BCUT2D eigenvalue weighted by atomic mass is 10.5. The molecular weight excluding hydrogens is 90.0 g/mol. The molecule has 6 heavy (non-hydrogen) atoms. The first-order valence-corrected chi connectivity index (χ1v) is 1.62. The van der Waals surface area contributed by atoms with E-state index in [1.165, 1.54) is 0 Å². The predicted octanol–water partition coefficient (Wildman–Crippen LogP) is 0.286. The van der Waals surface area contributed by atoms with Gasteiger partial charge < -0.3 is 5.11 Å². The van der Waals surface area contributed by atoms with Gasteiger partial charge in [0.2, 0.25) is 0 Å². The van der Waals surface area contributed by atoms with Gasteiger partial charge in [-0.3, -0.25) is 0 Å². The van der Waals surface area contributed by atoms with Gasteiger partial charge in [0.15, 0.2) is 6.17 Å². The van der Waals surface area contributed by atoms with Crippen LogP contribution in [0, 0.1) is 0 Å². The summed E-state index contributed by atoms with van der Waals surface area (Å²) in [7, 11) is 0. The fourth-order valence-electron chi connectivity index (χ4n) is 0.0488. The number of aliphatic hydroxyl groups is 1. The van der Waals surface area contributed by atoms with Crippen molar-refractivity contribution in [3.05, 3.63) is 0 Å². The Morgan fingerprint density at radius 1 is 1.67 bits per heavy atom. The third kappa shape index (κ3) is 2.08. The van der Waals surface area contributed by atoms with E-state index >= 15 is 0 Å². The summed E-state index contributed by atoms with van der Waals surface area (Å²) in [5.41, 5.74) is 0. The summed E-state index contributed by atoms with van der Waals surface area (Å²) in [6, 6.07) is 0. The molecule has 0 aromatic carbocycles. The maximum Gasteiger partial charge on any atom is 0.151 e. The van der Waals surface area contributed by atoms with Crippen LogP contribution in [0.15, 0.2) is 0 Å². The van der Waals surface area contributed by atoms with Crippen molar-refractivity contribution in [3.8, 4) is 0 Å². The topological polar surface area (TPSA) is 20.2 Å². The van der Waals surface area contributed by atoms with Crippen molar-refractivity contribution in [2.75, 3.05) is 13.3 Å². The Hall–Kier alpha value is -0.180. The van der Waals surface area contributed by atoms with Crippen molar-refractivity contribution in [3.63, 3.8) is 0 Å². The second kappa shape index (κ2) is 3.03. The SMILES string of the molecule is OC[C@@H](F)CF. The Morgan fingerprint density at radius 3 is 2.17 bits per heavy atom. The molecule has 0 fully saturated rings. The molecule has 0 saturated carbocycles. The summed E-state index contributed by atoms with van der Waals surface area (Å²) in [5, 5.41) is 7.72. The summed E-state index contributed by atoms with van der Waals surface area (Å²) in [4.78, 5) is 0. The molecule has 0 aromatic heterocycles. The van der Waals surface area contributed by atoms with Crippen LogP contribution in [0.1, 0.15) is 0 Å². The van der Waals surface area contributed by atoms with Crippen molar-refractivity contribution in [1.82, 2.24) is 0 Å². The Labute approximate surface area is 34.6 Å². The number of halogens is 2. The van der Waals surface area contributed by atoms with Crippen LogP contribution in [-0.2, 0) is 0 Å². The molecule has 1 N–H and O–H groups in total. The monoisotopic (exact) mass is 96.0 g/mol. The highest BCUT2D eigenvalue weighted by Gasteiger charge is 1.98. The van der Waals surface area contributed by atoms with Crippen LogP contribution in [0.3, 0.4) is 0 Å². The molecule has 0 rings (SSSR count). The molecule has 38 valence electrons. The number of aliphatic hydroxyl groups excluding tert-OH is 1. The lowest BCUT2D eigenvalue weighted by Crippen LogP contribution is -2.06. The Morgan fingerprint density at radius 2 is 2.17 bits per heavy atom. The third-order valence-electron chi connectivity index (χ3n) is 0.366. The van der Waals surface area contributed by atoms with Gasteiger partial charge in [0.05, 0.1) is 6.61 Å². The summed E-state index contributed by atoms with van der Waals surface area (Å²) in [5.74, 6) is 0. The zero-order valence-corrected chi connectivity index (χ0v) is 3.19. The van der Waals surface area contributed by atoms with E-state index in [1.807, 2.05) is 0 Å². The van der Waals surface area contributed by atoms with Crippen LogP contribution >= 0.6 is 0 Å². The normalized spacial score (nSPS) is 14.5. The first-order valence-electron chi connectivity index (χ1n) is 1.62. The Kier molecular flexibility index (Phi) is 2.94. The fourth-order valence-corrected chi connectivity index (χ4v) is 0.0488. The van der Waals surface area contributed by atoms with Gasteiger partial charge >= 0.3 is 0 Å². The minimum Gasteiger partial charge on any atom is -0.393 e. The van der Waals surface area contributed by atoms with E-state index in [1.54, 1.807) is 0 Å². The molecule has 1 nitrogen and oxygen atoms in total. The van der Waals surface area contributed by atoms with Gasteiger partial charge in [-0.2, -0.15) is 0 Å². The molecule has 0 aliphatic rings. The Bertz CT molecular complexity index is 28.0. The standard InChI is InChI=1S/C3H6F2O/c4-1-3(5)2-6/h3,6H,1-2H2/t3-/m0/s1. The maximum atomic E-state index is 11.2. The average Bonchev–Trinajstić information content (AvgIpc) is 1.65. The lowest BCUT2D eigenvalue weighted by molar-refractivity contribution is 0.151. The second-order valence-corrected chi connectivity index (χ2v) is 0.934. The molecule has 0 radical (unpaired) electrons. The van der Waals surface area contributed by atoms with E-state index in [0.717, 1.165) is 0 Å². The molecule has 1 atom stereocenters. The van der Waals surface area contributed by atoms with Gasteiger partial charge in [0.1, 0.15) is 6.67 Å². The van der Waals surface area contributed by atoms with Crippen LogP contribution in [0.2, 0.25) is 0 Å². The maximum absolute atomic E-state index is 11.2. The molecule has 0 aliphatic heterocycles. The van der Waals surface area contributed by atoms with Crippen molar-refractivity contribution in [2.45, 2.75) is 6.17 Å². The van der Waals surface area contributed by atoms with Crippen LogP contribution < -0.4 is 0 Å². The smallest absolute Gasteiger partial charge is 0.151 e. The lowest BCUT2D eigenvalue weighted by Gasteiger charge is -1.91. The fraction of sp³-hybridized carbons (Fsp3) is 1.00. The van der Waals surface area contributed by atoms with Gasteiger partial charge in [-0.05, 0) is 0 Å².